The molecule has 2 rings (SSSR count). The van der Waals surface area contributed by atoms with E-state index in [-0.39, 0.29) is 5.57 Å². The first-order valence-corrected chi connectivity index (χ1v) is 8.62. The van der Waals surface area contributed by atoms with Gasteiger partial charge in [0.25, 0.3) is 5.79 Å². The number of rotatable bonds is 5. The highest BCUT2D eigenvalue weighted by molar-refractivity contribution is 6.18. The number of ether oxygens (including phenoxy) is 2. The Labute approximate surface area is 149 Å². The van der Waals surface area contributed by atoms with Gasteiger partial charge in [-0.05, 0) is 44.9 Å². The van der Waals surface area contributed by atoms with Crippen molar-refractivity contribution in [3.05, 3.63) is 41.0 Å². The molecular weight excluding hydrogens is 318 g/mol. The summed E-state index contributed by atoms with van der Waals surface area (Å²) in [4.78, 5) is 26.5. The number of carbonyl (C=O) groups excluding carboxylic acids is 2. The highest BCUT2D eigenvalue weighted by atomic mass is 16.7. The first kappa shape index (κ1) is 19.2. The molecule has 0 aliphatic carbocycles. The van der Waals surface area contributed by atoms with Crippen LogP contribution in [0.1, 0.15) is 52.7 Å². The van der Waals surface area contributed by atoms with Crippen LogP contribution in [0, 0.1) is 0 Å². The average Bonchev–Trinajstić information content (AvgIpc) is 2.47. The molecule has 25 heavy (non-hydrogen) atoms. The van der Waals surface area contributed by atoms with Crippen molar-refractivity contribution < 1.29 is 19.1 Å². The molecule has 5 heteroatoms. The molecule has 5 nitrogen and oxygen atoms in total. The zero-order chi connectivity index (χ0) is 18.8. The number of cyclic esters (lactones) is 2. The molecule has 0 atom stereocenters. The first-order valence-electron chi connectivity index (χ1n) is 8.62. The molecule has 1 aliphatic rings. The van der Waals surface area contributed by atoms with Crippen molar-refractivity contribution in [3.8, 4) is 0 Å². The molecule has 0 unspecified atom stereocenters. The first-order chi connectivity index (χ1) is 11.6. The van der Waals surface area contributed by atoms with E-state index in [2.05, 4.69) is 32.6 Å². The van der Waals surface area contributed by atoms with Crippen molar-refractivity contribution in [1.82, 2.24) is 4.90 Å². The molecule has 0 radical (unpaired) electrons. The van der Waals surface area contributed by atoms with Gasteiger partial charge in [0, 0.05) is 32.5 Å². The van der Waals surface area contributed by atoms with Gasteiger partial charge >= 0.3 is 11.9 Å². The van der Waals surface area contributed by atoms with Crippen LogP contribution < -0.4 is 0 Å². The summed E-state index contributed by atoms with van der Waals surface area (Å²) < 4.78 is 10.3. The summed E-state index contributed by atoms with van der Waals surface area (Å²) in [5.74, 6) is -2.53. The molecule has 1 saturated heterocycles. The number of hydrogen-bond acceptors (Lipinski definition) is 5. The van der Waals surface area contributed by atoms with E-state index in [4.69, 9.17) is 9.47 Å². The van der Waals surface area contributed by atoms with Crippen molar-refractivity contribution in [2.24, 2.45) is 0 Å². The van der Waals surface area contributed by atoms with E-state index in [1.807, 2.05) is 24.3 Å². The predicted octanol–water partition coefficient (Wildman–Crippen LogP) is 3.52. The lowest BCUT2D eigenvalue weighted by Gasteiger charge is -2.30. The Morgan fingerprint density at radius 1 is 1.04 bits per heavy atom. The fourth-order valence-corrected chi connectivity index (χ4v) is 2.90. The van der Waals surface area contributed by atoms with Crippen LogP contribution in [0.3, 0.4) is 0 Å². The van der Waals surface area contributed by atoms with Crippen LogP contribution >= 0.6 is 0 Å². The SMILES string of the molecule is CC(C)N(Cc1cccc(C=C2C(=O)OC(C)(C)OC2=O)c1)C(C)C. The minimum atomic E-state index is -1.22. The van der Waals surface area contributed by atoms with Crippen molar-refractivity contribution in [2.45, 2.75) is 66.0 Å². The van der Waals surface area contributed by atoms with Gasteiger partial charge in [-0.1, -0.05) is 24.3 Å². The molecule has 1 aromatic rings. The number of nitrogens with zero attached hydrogens (tertiary/aromatic N) is 1. The summed E-state index contributed by atoms with van der Waals surface area (Å²) in [5, 5.41) is 0. The Hall–Kier alpha value is -2.14. The molecule has 1 aromatic carbocycles. The highest BCUT2D eigenvalue weighted by Crippen LogP contribution is 2.24. The second kappa shape index (κ2) is 7.40. The molecular formula is C20H27NO4. The summed E-state index contributed by atoms with van der Waals surface area (Å²) in [6.45, 7) is 12.5. The van der Waals surface area contributed by atoms with Crippen LogP contribution in [0.4, 0.5) is 0 Å². The van der Waals surface area contributed by atoms with Gasteiger partial charge in [-0.15, -0.1) is 0 Å². The van der Waals surface area contributed by atoms with Crippen molar-refractivity contribution in [3.63, 3.8) is 0 Å². The molecule has 1 fully saturated rings. The molecule has 136 valence electrons. The highest BCUT2D eigenvalue weighted by Gasteiger charge is 2.38. The third-order valence-corrected chi connectivity index (χ3v) is 4.07. The smallest absolute Gasteiger partial charge is 0.348 e. The third-order valence-electron chi connectivity index (χ3n) is 4.07. The van der Waals surface area contributed by atoms with Crippen molar-refractivity contribution in [2.75, 3.05) is 0 Å². The van der Waals surface area contributed by atoms with E-state index < -0.39 is 17.7 Å². The molecule has 0 spiro atoms. The summed E-state index contributed by atoms with van der Waals surface area (Å²) in [6.07, 6.45) is 1.53. The Morgan fingerprint density at radius 2 is 1.60 bits per heavy atom. The summed E-state index contributed by atoms with van der Waals surface area (Å²) in [5.41, 5.74) is 1.81. The van der Waals surface area contributed by atoms with Crippen LogP contribution in [0.15, 0.2) is 29.8 Å². The van der Waals surface area contributed by atoms with Crippen molar-refractivity contribution >= 4 is 18.0 Å². The standard InChI is InChI=1S/C20H27NO4/c1-13(2)21(14(3)4)12-16-9-7-8-15(10-16)11-17-18(22)24-20(5,6)25-19(17)23/h7-11,13-14H,12H2,1-6H3. The number of esters is 2. The van der Waals surface area contributed by atoms with E-state index >= 15 is 0 Å². The van der Waals surface area contributed by atoms with E-state index in [1.165, 1.54) is 19.9 Å². The molecule has 0 bridgehead atoms. The van der Waals surface area contributed by atoms with Gasteiger partial charge in [-0.25, -0.2) is 9.59 Å². The molecule has 0 amide bonds. The molecule has 1 aliphatic heterocycles. The predicted molar refractivity (Wildman–Crippen MR) is 96.5 cm³/mol. The van der Waals surface area contributed by atoms with Gasteiger partial charge < -0.3 is 9.47 Å². The monoisotopic (exact) mass is 345 g/mol. The lowest BCUT2D eigenvalue weighted by atomic mass is 10.1. The second-order valence-electron chi connectivity index (χ2n) is 7.34. The van der Waals surface area contributed by atoms with Gasteiger partial charge in [0.2, 0.25) is 0 Å². The third kappa shape index (κ3) is 4.92. The van der Waals surface area contributed by atoms with Gasteiger partial charge in [0.05, 0.1) is 0 Å². The van der Waals surface area contributed by atoms with E-state index in [9.17, 15) is 9.59 Å². The summed E-state index contributed by atoms with van der Waals surface area (Å²) in [7, 11) is 0. The molecule has 0 aromatic heterocycles. The Balaban J connectivity index is 2.24. The fourth-order valence-electron chi connectivity index (χ4n) is 2.90. The normalized spacial score (nSPS) is 17.1. The molecule has 0 N–H and O–H groups in total. The zero-order valence-corrected chi connectivity index (χ0v) is 15.8. The maximum atomic E-state index is 12.1. The number of hydrogen-bond donors (Lipinski definition) is 0. The van der Waals surface area contributed by atoms with Gasteiger partial charge in [0.15, 0.2) is 0 Å². The van der Waals surface area contributed by atoms with Gasteiger partial charge in [0.1, 0.15) is 5.57 Å². The Morgan fingerprint density at radius 3 is 2.12 bits per heavy atom. The minimum absolute atomic E-state index is 0.0824. The zero-order valence-electron chi connectivity index (χ0n) is 15.8. The Kier molecular flexibility index (Phi) is 5.68. The van der Waals surface area contributed by atoms with Crippen LogP contribution in [0.5, 0.6) is 0 Å². The minimum Gasteiger partial charge on any atom is -0.419 e. The fraction of sp³-hybridized carbons (Fsp3) is 0.500. The summed E-state index contributed by atoms with van der Waals surface area (Å²) >= 11 is 0. The van der Waals surface area contributed by atoms with Gasteiger partial charge in [-0.3, -0.25) is 4.90 Å². The maximum absolute atomic E-state index is 12.1. The number of carbonyl (C=O) groups is 2. The van der Waals surface area contributed by atoms with E-state index in [0.717, 1.165) is 17.7 Å². The van der Waals surface area contributed by atoms with E-state index in [0.29, 0.717) is 12.1 Å². The molecule has 0 saturated carbocycles. The lowest BCUT2D eigenvalue weighted by molar-refractivity contribution is -0.222. The van der Waals surface area contributed by atoms with Crippen LogP contribution in [0.25, 0.3) is 6.08 Å². The largest absolute Gasteiger partial charge is 0.419 e. The maximum Gasteiger partial charge on any atom is 0.348 e. The topological polar surface area (TPSA) is 55.8 Å². The van der Waals surface area contributed by atoms with Gasteiger partial charge in [-0.2, -0.15) is 0 Å². The van der Waals surface area contributed by atoms with Crippen LogP contribution in [-0.4, -0.2) is 34.7 Å². The van der Waals surface area contributed by atoms with Crippen LogP contribution in [-0.2, 0) is 25.6 Å². The Bertz CT molecular complexity index is 659. The average molecular weight is 345 g/mol. The number of benzene rings is 1. The molecule has 1 heterocycles. The quantitative estimate of drug-likeness (QED) is 0.464. The van der Waals surface area contributed by atoms with Crippen LogP contribution in [0.2, 0.25) is 0 Å². The lowest BCUT2D eigenvalue weighted by Crippen LogP contribution is -2.41. The summed E-state index contributed by atoms with van der Waals surface area (Å²) in [6, 6.07) is 8.64. The second-order valence-corrected chi connectivity index (χ2v) is 7.34. The van der Waals surface area contributed by atoms with E-state index in [1.54, 1.807) is 0 Å². The van der Waals surface area contributed by atoms with Crippen molar-refractivity contribution in [1.29, 1.82) is 0 Å².